The summed E-state index contributed by atoms with van der Waals surface area (Å²) in [6.45, 7) is 0. The summed E-state index contributed by atoms with van der Waals surface area (Å²) in [6, 6.07) is 3.44. The van der Waals surface area contributed by atoms with E-state index in [-0.39, 0.29) is 18.4 Å². The van der Waals surface area contributed by atoms with Gasteiger partial charge in [-0.15, -0.1) is 0 Å². The van der Waals surface area contributed by atoms with E-state index in [1.807, 2.05) is 6.07 Å². The number of carbonyl (C=O) groups is 1. The molecule has 14 heavy (non-hydrogen) atoms. The molecule has 1 aliphatic rings. The van der Waals surface area contributed by atoms with Crippen LogP contribution in [0.15, 0.2) is 24.5 Å². The monoisotopic (exact) mass is 192 g/mol. The van der Waals surface area contributed by atoms with Crippen molar-refractivity contribution in [1.29, 1.82) is 0 Å². The van der Waals surface area contributed by atoms with E-state index in [0.29, 0.717) is 0 Å². The highest BCUT2D eigenvalue weighted by molar-refractivity contribution is 5.79. The summed E-state index contributed by atoms with van der Waals surface area (Å²) in [5.41, 5.74) is 0.883. The van der Waals surface area contributed by atoms with Crippen molar-refractivity contribution in [2.24, 2.45) is 0 Å². The number of rotatable bonds is 1. The quantitative estimate of drug-likeness (QED) is 0.698. The molecule has 1 saturated heterocycles. The highest BCUT2D eigenvalue weighted by atomic mass is 16.3. The van der Waals surface area contributed by atoms with Gasteiger partial charge in [-0.05, 0) is 11.6 Å². The first-order valence-electron chi connectivity index (χ1n) is 4.54. The summed E-state index contributed by atoms with van der Waals surface area (Å²) >= 11 is 0. The van der Waals surface area contributed by atoms with Gasteiger partial charge in [-0.25, -0.2) is 0 Å². The number of likely N-dealkylation sites (tertiary alicyclic amines) is 1. The molecule has 1 N–H and O–H groups in total. The Bertz CT molecular complexity index is 339. The van der Waals surface area contributed by atoms with Crippen LogP contribution in [0.5, 0.6) is 0 Å². The third-order valence-corrected chi connectivity index (χ3v) is 2.58. The molecule has 1 amide bonds. The van der Waals surface area contributed by atoms with E-state index in [1.54, 1.807) is 30.4 Å². The average Bonchev–Trinajstić information content (AvgIpc) is 2.43. The molecule has 4 heteroatoms. The normalized spacial score (nSPS) is 27.0. The SMILES string of the molecule is CN1C(=O)CC(O)C1c1cccnc1. The van der Waals surface area contributed by atoms with Crippen LogP contribution in [-0.4, -0.2) is 34.0 Å². The fourth-order valence-corrected chi connectivity index (χ4v) is 1.84. The van der Waals surface area contributed by atoms with E-state index in [9.17, 15) is 9.90 Å². The summed E-state index contributed by atoms with van der Waals surface area (Å²) in [7, 11) is 1.70. The zero-order valence-corrected chi connectivity index (χ0v) is 7.92. The number of aromatic nitrogens is 1. The molecule has 2 heterocycles. The Morgan fingerprint density at radius 1 is 1.64 bits per heavy atom. The van der Waals surface area contributed by atoms with Gasteiger partial charge in [0.2, 0.25) is 5.91 Å². The first-order valence-corrected chi connectivity index (χ1v) is 4.54. The second kappa shape index (κ2) is 3.38. The Kier molecular flexibility index (Phi) is 2.21. The zero-order chi connectivity index (χ0) is 10.1. The maximum atomic E-state index is 11.3. The van der Waals surface area contributed by atoms with Gasteiger partial charge in [0.25, 0.3) is 0 Å². The first kappa shape index (κ1) is 9.15. The number of pyridine rings is 1. The molecule has 4 nitrogen and oxygen atoms in total. The van der Waals surface area contributed by atoms with Crippen molar-refractivity contribution < 1.29 is 9.90 Å². The summed E-state index contributed by atoms with van der Waals surface area (Å²) in [6.07, 6.45) is 2.95. The topological polar surface area (TPSA) is 53.4 Å². The first-order chi connectivity index (χ1) is 6.70. The molecule has 74 valence electrons. The van der Waals surface area contributed by atoms with Gasteiger partial charge in [0.05, 0.1) is 18.6 Å². The third kappa shape index (κ3) is 1.37. The van der Waals surface area contributed by atoms with Crippen molar-refractivity contribution in [1.82, 2.24) is 9.88 Å². The summed E-state index contributed by atoms with van der Waals surface area (Å²) in [4.78, 5) is 16.9. The molecule has 1 aliphatic heterocycles. The van der Waals surface area contributed by atoms with E-state index < -0.39 is 6.10 Å². The molecular weight excluding hydrogens is 180 g/mol. The fourth-order valence-electron chi connectivity index (χ4n) is 1.84. The van der Waals surface area contributed by atoms with E-state index in [4.69, 9.17) is 0 Å². The average molecular weight is 192 g/mol. The number of hydrogen-bond donors (Lipinski definition) is 1. The van der Waals surface area contributed by atoms with E-state index >= 15 is 0 Å². The number of likely N-dealkylation sites (N-methyl/N-ethyl adjacent to an activating group) is 1. The van der Waals surface area contributed by atoms with Gasteiger partial charge in [-0.1, -0.05) is 6.07 Å². The Hall–Kier alpha value is -1.42. The molecule has 0 aliphatic carbocycles. The minimum Gasteiger partial charge on any atom is -0.390 e. The van der Waals surface area contributed by atoms with Crippen LogP contribution in [0.4, 0.5) is 0 Å². The predicted molar refractivity (Wildman–Crippen MR) is 50.4 cm³/mol. The maximum Gasteiger partial charge on any atom is 0.225 e. The van der Waals surface area contributed by atoms with Gasteiger partial charge in [0.15, 0.2) is 0 Å². The van der Waals surface area contributed by atoms with E-state index in [1.165, 1.54) is 0 Å². The maximum absolute atomic E-state index is 11.3. The lowest BCUT2D eigenvalue weighted by Crippen LogP contribution is -2.25. The minimum atomic E-state index is -0.614. The van der Waals surface area contributed by atoms with Crippen molar-refractivity contribution in [3.63, 3.8) is 0 Å². The van der Waals surface area contributed by atoms with E-state index in [0.717, 1.165) is 5.56 Å². The van der Waals surface area contributed by atoms with Crippen LogP contribution < -0.4 is 0 Å². The minimum absolute atomic E-state index is 0.0219. The largest absolute Gasteiger partial charge is 0.390 e. The number of carbonyl (C=O) groups excluding carboxylic acids is 1. The van der Waals surface area contributed by atoms with Crippen molar-refractivity contribution in [3.05, 3.63) is 30.1 Å². The molecule has 0 bridgehead atoms. The second-order valence-corrected chi connectivity index (χ2v) is 3.51. The number of amides is 1. The Balaban J connectivity index is 2.31. The van der Waals surface area contributed by atoms with Gasteiger partial charge in [0, 0.05) is 19.4 Å². The van der Waals surface area contributed by atoms with Crippen LogP contribution in [0, 0.1) is 0 Å². The molecule has 2 atom stereocenters. The highest BCUT2D eigenvalue weighted by Gasteiger charge is 2.37. The van der Waals surface area contributed by atoms with Crippen molar-refractivity contribution in [3.8, 4) is 0 Å². The Morgan fingerprint density at radius 2 is 2.43 bits per heavy atom. The molecule has 0 spiro atoms. The fraction of sp³-hybridized carbons (Fsp3) is 0.400. The van der Waals surface area contributed by atoms with Crippen LogP contribution in [0.1, 0.15) is 18.0 Å². The van der Waals surface area contributed by atoms with Crippen molar-refractivity contribution in [2.75, 3.05) is 7.05 Å². The van der Waals surface area contributed by atoms with E-state index in [2.05, 4.69) is 4.98 Å². The highest BCUT2D eigenvalue weighted by Crippen LogP contribution is 2.30. The van der Waals surface area contributed by atoms with Crippen LogP contribution in [0.25, 0.3) is 0 Å². The molecule has 2 unspecified atom stereocenters. The molecular formula is C10H12N2O2. The Morgan fingerprint density at radius 3 is 2.93 bits per heavy atom. The van der Waals surface area contributed by atoms with Gasteiger partial charge in [0.1, 0.15) is 0 Å². The molecule has 1 aromatic rings. The van der Waals surface area contributed by atoms with Crippen molar-refractivity contribution in [2.45, 2.75) is 18.6 Å². The number of aliphatic hydroxyl groups is 1. The number of aliphatic hydroxyl groups excluding tert-OH is 1. The van der Waals surface area contributed by atoms with Crippen LogP contribution in [0.2, 0.25) is 0 Å². The third-order valence-electron chi connectivity index (χ3n) is 2.58. The molecule has 2 rings (SSSR count). The smallest absolute Gasteiger partial charge is 0.225 e. The van der Waals surface area contributed by atoms with Crippen molar-refractivity contribution >= 4 is 5.91 Å². The van der Waals surface area contributed by atoms with Gasteiger partial charge in [-0.2, -0.15) is 0 Å². The molecule has 1 aromatic heterocycles. The molecule has 0 radical (unpaired) electrons. The van der Waals surface area contributed by atoms with Crippen LogP contribution in [-0.2, 0) is 4.79 Å². The second-order valence-electron chi connectivity index (χ2n) is 3.51. The summed E-state index contributed by atoms with van der Waals surface area (Å²) in [5, 5.41) is 9.69. The summed E-state index contributed by atoms with van der Waals surface area (Å²) in [5.74, 6) is -0.0219. The lowest BCUT2D eigenvalue weighted by Gasteiger charge is -2.21. The molecule has 1 fully saturated rings. The van der Waals surface area contributed by atoms with Gasteiger partial charge in [-0.3, -0.25) is 9.78 Å². The molecule has 0 saturated carbocycles. The summed E-state index contributed by atoms with van der Waals surface area (Å²) < 4.78 is 0. The van der Waals surface area contributed by atoms with Crippen LogP contribution in [0.3, 0.4) is 0 Å². The van der Waals surface area contributed by atoms with Crippen LogP contribution >= 0.6 is 0 Å². The number of hydrogen-bond acceptors (Lipinski definition) is 3. The number of nitrogens with zero attached hydrogens (tertiary/aromatic N) is 2. The van der Waals surface area contributed by atoms with Gasteiger partial charge < -0.3 is 10.0 Å². The van der Waals surface area contributed by atoms with Gasteiger partial charge >= 0.3 is 0 Å². The lowest BCUT2D eigenvalue weighted by molar-refractivity contribution is -0.127. The zero-order valence-electron chi connectivity index (χ0n) is 7.92. The molecule has 0 aromatic carbocycles. The predicted octanol–water partition coefficient (Wildman–Crippen LogP) is 0.346. The standard InChI is InChI=1S/C10H12N2O2/c1-12-9(14)5-8(13)10(12)7-3-2-4-11-6-7/h2-4,6,8,10,13H,5H2,1H3. The lowest BCUT2D eigenvalue weighted by atomic mass is 10.0. The Labute approximate surface area is 82.2 Å².